The summed E-state index contributed by atoms with van der Waals surface area (Å²) in [5, 5.41) is 4.61. The minimum atomic E-state index is 0.0552. The molecule has 116 valence electrons. The van der Waals surface area contributed by atoms with Crippen molar-refractivity contribution >= 4 is 11.0 Å². The highest BCUT2D eigenvalue weighted by molar-refractivity contribution is 5.82. The number of benzene rings is 1. The van der Waals surface area contributed by atoms with Crippen molar-refractivity contribution in [2.45, 2.75) is 39.5 Å². The van der Waals surface area contributed by atoms with Crippen molar-refractivity contribution in [3.8, 4) is 0 Å². The van der Waals surface area contributed by atoms with Crippen molar-refractivity contribution in [1.82, 2.24) is 5.32 Å². The van der Waals surface area contributed by atoms with Crippen LogP contribution in [0.1, 0.15) is 31.6 Å². The van der Waals surface area contributed by atoms with Gasteiger partial charge in [0, 0.05) is 24.6 Å². The Morgan fingerprint density at radius 1 is 1.29 bits per heavy atom. The third kappa shape index (κ3) is 4.30. The second kappa shape index (κ2) is 8.17. The van der Waals surface area contributed by atoms with E-state index in [0.29, 0.717) is 13.2 Å². The third-order valence-electron chi connectivity index (χ3n) is 3.41. The van der Waals surface area contributed by atoms with Crippen molar-refractivity contribution < 1.29 is 13.9 Å². The molecule has 1 aromatic carbocycles. The van der Waals surface area contributed by atoms with Crippen LogP contribution in [0.3, 0.4) is 0 Å². The number of hydrogen-bond acceptors (Lipinski definition) is 4. The van der Waals surface area contributed by atoms with E-state index in [1.165, 1.54) is 10.9 Å². The molecular weight excluding hydrogens is 266 g/mol. The zero-order valence-electron chi connectivity index (χ0n) is 13.1. The molecule has 21 heavy (non-hydrogen) atoms. The maximum atomic E-state index is 5.95. The number of hydrogen-bond donors (Lipinski definition) is 1. The largest absolute Gasteiger partial charge is 0.458 e. The molecule has 1 unspecified atom stereocenters. The average Bonchev–Trinajstić information content (AvgIpc) is 2.84. The molecule has 4 nitrogen and oxygen atoms in total. The van der Waals surface area contributed by atoms with Gasteiger partial charge in [-0.2, -0.15) is 0 Å². The summed E-state index contributed by atoms with van der Waals surface area (Å²) in [6, 6.07) is 8.14. The molecule has 2 rings (SSSR count). The summed E-state index contributed by atoms with van der Waals surface area (Å²) in [6.07, 6.45) is 1.17. The van der Waals surface area contributed by atoms with Crippen molar-refractivity contribution in [2.75, 3.05) is 20.3 Å². The maximum absolute atomic E-state index is 5.95. The van der Waals surface area contributed by atoms with Gasteiger partial charge in [0.25, 0.3) is 0 Å². The molecule has 0 aliphatic heterocycles. The number of rotatable bonds is 9. The summed E-state index contributed by atoms with van der Waals surface area (Å²) in [6.45, 7) is 7.03. The Bertz CT molecular complexity index is 550. The SMILES string of the molecule is CCCNCc1c(COC(C)COC)oc2ccccc12. The lowest BCUT2D eigenvalue weighted by Gasteiger charge is -2.11. The molecule has 1 N–H and O–H groups in total. The number of nitrogens with one attached hydrogen (secondary N) is 1. The summed E-state index contributed by atoms with van der Waals surface area (Å²) in [4.78, 5) is 0. The molecule has 0 spiro atoms. The second-order valence-electron chi connectivity index (χ2n) is 5.25. The third-order valence-corrected chi connectivity index (χ3v) is 3.41. The van der Waals surface area contributed by atoms with Gasteiger partial charge in [0.1, 0.15) is 18.0 Å². The van der Waals surface area contributed by atoms with Gasteiger partial charge >= 0.3 is 0 Å². The molecular formula is C17H25NO3. The first kappa shape index (κ1) is 16.0. The van der Waals surface area contributed by atoms with Gasteiger partial charge in [-0.05, 0) is 26.0 Å². The lowest BCUT2D eigenvalue weighted by molar-refractivity contribution is -0.00627. The summed E-state index contributed by atoms with van der Waals surface area (Å²) in [5.41, 5.74) is 2.12. The van der Waals surface area contributed by atoms with E-state index in [1.54, 1.807) is 7.11 Å². The van der Waals surface area contributed by atoms with Crippen molar-refractivity contribution in [3.05, 3.63) is 35.6 Å². The van der Waals surface area contributed by atoms with E-state index in [9.17, 15) is 0 Å². The molecule has 0 aliphatic rings. The van der Waals surface area contributed by atoms with Gasteiger partial charge in [0.15, 0.2) is 0 Å². The van der Waals surface area contributed by atoms with Crippen LogP contribution in [0.25, 0.3) is 11.0 Å². The molecule has 0 saturated carbocycles. The van der Waals surface area contributed by atoms with Crippen molar-refractivity contribution in [3.63, 3.8) is 0 Å². The van der Waals surface area contributed by atoms with Crippen molar-refractivity contribution in [2.24, 2.45) is 0 Å². The minimum Gasteiger partial charge on any atom is -0.458 e. The van der Waals surface area contributed by atoms with Gasteiger partial charge in [-0.25, -0.2) is 0 Å². The Morgan fingerprint density at radius 2 is 2.10 bits per heavy atom. The van der Waals surface area contributed by atoms with Gasteiger partial charge in [0.2, 0.25) is 0 Å². The standard InChI is InChI=1S/C17H25NO3/c1-4-9-18-10-15-14-7-5-6-8-16(14)21-17(15)12-20-13(2)11-19-3/h5-8,13,18H,4,9-12H2,1-3H3. The van der Waals surface area contributed by atoms with Crippen LogP contribution in [0.2, 0.25) is 0 Å². The van der Waals surface area contributed by atoms with Gasteiger partial charge < -0.3 is 19.2 Å². The second-order valence-corrected chi connectivity index (χ2v) is 5.25. The van der Waals surface area contributed by atoms with Crippen LogP contribution >= 0.6 is 0 Å². The highest BCUT2D eigenvalue weighted by Crippen LogP contribution is 2.26. The van der Waals surface area contributed by atoms with Crippen LogP contribution in [0.4, 0.5) is 0 Å². The molecule has 4 heteroatoms. The Kier molecular flexibility index (Phi) is 6.23. The Labute approximate surface area is 126 Å². The minimum absolute atomic E-state index is 0.0552. The summed E-state index contributed by atoms with van der Waals surface area (Å²) >= 11 is 0. The Balaban J connectivity index is 2.14. The topological polar surface area (TPSA) is 43.6 Å². The monoisotopic (exact) mass is 291 g/mol. The molecule has 0 saturated heterocycles. The van der Waals surface area contributed by atoms with E-state index in [2.05, 4.69) is 18.3 Å². The van der Waals surface area contributed by atoms with Gasteiger partial charge in [-0.15, -0.1) is 0 Å². The summed E-state index contributed by atoms with van der Waals surface area (Å²) < 4.78 is 16.8. The van der Waals surface area contributed by atoms with Crippen LogP contribution in [0.15, 0.2) is 28.7 Å². The first-order valence-corrected chi connectivity index (χ1v) is 7.56. The van der Waals surface area contributed by atoms with E-state index in [0.717, 1.165) is 30.9 Å². The van der Waals surface area contributed by atoms with Gasteiger partial charge in [-0.3, -0.25) is 0 Å². The normalized spacial score (nSPS) is 12.9. The predicted octanol–water partition coefficient (Wildman–Crippen LogP) is 3.48. The molecule has 0 amide bonds. The number of para-hydroxylation sites is 1. The first-order valence-electron chi connectivity index (χ1n) is 7.56. The molecule has 0 fully saturated rings. The van der Waals surface area contributed by atoms with E-state index in [4.69, 9.17) is 13.9 Å². The zero-order valence-corrected chi connectivity index (χ0v) is 13.1. The highest BCUT2D eigenvalue weighted by Gasteiger charge is 2.14. The Morgan fingerprint density at radius 3 is 2.86 bits per heavy atom. The highest BCUT2D eigenvalue weighted by atomic mass is 16.5. The average molecular weight is 291 g/mol. The lowest BCUT2D eigenvalue weighted by Crippen LogP contribution is -2.17. The number of ether oxygens (including phenoxy) is 2. The molecule has 1 heterocycles. The van der Waals surface area contributed by atoms with Gasteiger partial charge in [-0.1, -0.05) is 25.1 Å². The van der Waals surface area contributed by atoms with Crippen LogP contribution in [0.5, 0.6) is 0 Å². The van der Waals surface area contributed by atoms with Crippen LogP contribution in [-0.2, 0) is 22.6 Å². The number of methoxy groups -OCH3 is 1. The predicted molar refractivity (Wildman–Crippen MR) is 84.3 cm³/mol. The number of fused-ring (bicyclic) bond motifs is 1. The quantitative estimate of drug-likeness (QED) is 0.718. The van der Waals surface area contributed by atoms with Crippen LogP contribution in [-0.4, -0.2) is 26.4 Å². The fourth-order valence-electron chi connectivity index (χ4n) is 2.35. The van der Waals surface area contributed by atoms with Crippen LogP contribution < -0.4 is 5.32 Å². The van der Waals surface area contributed by atoms with Gasteiger partial charge in [0.05, 0.1) is 12.7 Å². The first-order chi connectivity index (χ1) is 10.3. The molecule has 0 aliphatic carbocycles. The Hall–Kier alpha value is -1.36. The smallest absolute Gasteiger partial charge is 0.135 e. The fourth-order valence-corrected chi connectivity index (χ4v) is 2.35. The number of furan rings is 1. The molecule has 1 atom stereocenters. The van der Waals surface area contributed by atoms with Crippen molar-refractivity contribution in [1.29, 1.82) is 0 Å². The molecule has 0 bridgehead atoms. The van der Waals surface area contributed by atoms with Crippen LogP contribution in [0, 0.1) is 0 Å². The van der Waals surface area contributed by atoms with E-state index in [1.807, 2.05) is 25.1 Å². The fraction of sp³-hybridized carbons (Fsp3) is 0.529. The zero-order chi connectivity index (χ0) is 15.1. The molecule has 2 aromatic rings. The lowest BCUT2D eigenvalue weighted by atomic mass is 10.1. The van der Waals surface area contributed by atoms with E-state index in [-0.39, 0.29) is 6.10 Å². The maximum Gasteiger partial charge on any atom is 0.135 e. The summed E-state index contributed by atoms with van der Waals surface area (Å²) in [5.74, 6) is 0.905. The van der Waals surface area contributed by atoms with E-state index >= 15 is 0 Å². The molecule has 1 aromatic heterocycles. The molecule has 0 radical (unpaired) electrons. The summed E-state index contributed by atoms with van der Waals surface area (Å²) in [7, 11) is 1.68. The van der Waals surface area contributed by atoms with E-state index < -0.39 is 0 Å².